The molecule has 0 radical (unpaired) electrons. The van der Waals surface area contributed by atoms with Crippen molar-refractivity contribution >= 4 is 5.91 Å². The molecule has 1 amide bonds. The first-order valence-electron chi connectivity index (χ1n) is 8.28. The minimum Gasteiger partial charge on any atom is -0.497 e. The van der Waals surface area contributed by atoms with Crippen LogP contribution in [0.2, 0.25) is 0 Å². The van der Waals surface area contributed by atoms with E-state index >= 15 is 0 Å². The summed E-state index contributed by atoms with van der Waals surface area (Å²) in [5, 5.41) is 0. The van der Waals surface area contributed by atoms with Crippen LogP contribution in [-0.4, -0.2) is 49.2 Å². The zero-order chi connectivity index (χ0) is 17.6. The fourth-order valence-corrected chi connectivity index (χ4v) is 2.94. The molecule has 3 rings (SSSR count). The van der Waals surface area contributed by atoms with Gasteiger partial charge in [0.1, 0.15) is 23.4 Å². The Hall–Kier alpha value is -2.76. The minimum absolute atomic E-state index is 0.0207. The molecule has 6 nitrogen and oxygen atoms in total. The Morgan fingerprint density at radius 1 is 1.08 bits per heavy atom. The van der Waals surface area contributed by atoms with Crippen molar-refractivity contribution in [1.29, 1.82) is 0 Å². The number of nitrogens with zero attached hydrogens (tertiary/aromatic N) is 2. The molecular weight excluding hydrogens is 320 g/mol. The van der Waals surface area contributed by atoms with E-state index in [0.717, 1.165) is 18.6 Å². The number of hydrogen-bond donors (Lipinski definition) is 0. The summed E-state index contributed by atoms with van der Waals surface area (Å²) in [6.45, 7) is 1.27. The number of aromatic nitrogens is 1. The van der Waals surface area contributed by atoms with Crippen molar-refractivity contribution in [2.24, 2.45) is 0 Å². The van der Waals surface area contributed by atoms with E-state index in [9.17, 15) is 4.79 Å². The molecule has 1 atom stereocenters. The standard InChI is InChI=1S/C19H22N2O4/c1-23-17-10-14(11-18(12-17)24-2)19(22)21-9-3-4-16(13-21)25-15-5-7-20-8-6-15/h5-8,10-12,16H,3-4,9,13H2,1-2H3/t16-/m1/s1. The number of likely N-dealkylation sites (tertiary alicyclic amines) is 1. The maximum absolute atomic E-state index is 12.9. The van der Waals surface area contributed by atoms with Gasteiger partial charge < -0.3 is 19.1 Å². The number of benzene rings is 1. The Morgan fingerprint density at radius 2 is 1.76 bits per heavy atom. The quantitative estimate of drug-likeness (QED) is 0.836. The van der Waals surface area contributed by atoms with E-state index in [0.29, 0.717) is 30.2 Å². The third-order valence-corrected chi connectivity index (χ3v) is 4.22. The van der Waals surface area contributed by atoms with Crippen LogP contribution >= 0.6 is 0 Å². The van der Waals surface area contributed by atoms with Gasteiger partial charge in [0.15, 0.2) is 0 Å². The second kappa shape index (κ2) is 7.88. The van der Waals surface area contributed by atoms with E-state index in [1.54, 1.807) is 44.8 Å². The SMILES string of the molecule is COc1cc(OC)cc(C(=O)N2CCC[C@@H](Oc3ccncc3)C2)c1. The Kier molecular flexibility index (Phi) is 5.38. The number of amides is 1. The Morgan fingerprint density at radius 3 is 2.40 bits per heavy atom. The molecule has 25 heavy (non-hydrogen) atoms. The summed E-state index contributed by atoms with van der Waals surface area (Å²) >= 11 is 0. The molecule has 0 spiro atoms. The third kappa shape index (κ3) is 4.21. The Balaban J connectivity index is 1.71. The Bertz CT molecular complexity index is 698. The van der Waals surface area contributed by atoms with Crippen molar-refractivity contribution in [3.63, 3.8) is 0 Å². The molecule has 1 aliphatic heterocycles. The molecule has 2 aromatic rings. The van der Waals surface area contributed by atoms with Gasteiger partial charge in [-0.1, -0.05) is 0 Å². The fourth-order valence-electron chi connectivity index (χ4n) is 2.94. The third-order valence-electron chi connectivity index (χ3n) is 4.22. The normalized spacial score (nSPS) is 17.0. The number of methoxy groups -OCH3 is 2. The van der Waals surface area contributed by atoms with Crippen LogP contribution < -0.4 is 14.2 Å². The topological polar surface area (TPSA) is 60.9 Å². The lowest BCUT2D eigenvalue weighted by Gasteiger charge is -2.33. The number of carbonyl (C=O) groups excluding carboxylic acids is 1. The first kappa shape index (κ1) is 17.1. The molecule has 0 aliphatic carbocycles. The molecule has 1 fully saturated rings. The zero-order valence-corrected chi connectivity index (χ0v) is 14.5. The van der Waals surface area contributed by atoms with Crippen molar-refractivity contribution in [3.8, 4) is 17.2 Å². The molecule has 1 aromatic carbocycles. The molecular formula is C19H22N2O4. The maximum Gasteiger partial charge on any atom is 0.254 e. The van der Waals surface area contributed by atoms with Crippen LogP contribution in [0.25, 0.3) is 0 Å². The highest BCUT2D eigenvalue weighted by Crippen LogP contribution is 2.25. The highest BCUT2D eigenvalue weighted by atomic mass is 16.5. The van der Waals surface area contributed by atoms with Gasteiger partial charge in [-0.25, -0.2) is 0 Å². The van der Waals surface area contributed by atoms with Gasteiger partial charge in [-0.2, -0.15) is 0 Å². The summed E-state index contributed by atoms with van der Waals surface area (Å²) in [4.78, 5) is 18.7. The largest absolute Gasteiger partial charge is 0.497 e. The maximum atomic E-state index is 12.9. The second-order valence-electron chi connectivity index (χ2n) is 5.92. The van der Waals surface area contributed by atoms with Gasteiger partial charge in [0.2, 0.25) is 0 Å². The van der Waals surface area contributed by atoms with Gasteiger partial charge in [0.25, 0.3) is 5.91 Å². The van der Waals surface area contributed by atoms with Gasteiger partial charge >= 0.3 is 0 Å². The van der Waals surface area contributed by atoms with Crippen LogP contribution in [0.4, 0.5) is 0 Å². The lowest BCUT2D eigenvalue weighted by molar-refractivity contribution is 0.0537. The van der Waals surface area contributed by atoms with Crippen LogP contribution in [-0.2, 0) is 0 Å². The first-order chi connectivity index (χ1) is 12.2. The smallest absolute Gasteiger partial charge is 0.254 e. The predicted molar refractivity (Wildman–Crippen MR) is 93.3 cm³/mol. The fraction of sp³-hybridized carbons (Fsp3) is 0.368. The monoisotopic (exact) mass is 342 g/mol. The number of piperidine rings is 1. The molecule has 1 saturated heterocycles. The van der Waals surface area contributed by atoms with E-state index in [1.807, 2.05) is 17.0 Å². The summed E-state index contributed by atoms with van der Waals surface area (Å²) in [6.07, 6.45) is 5.20. The van der Waals surface area contributed by atoms with E-state index in [2.05, 4.69) is 4.98 Å². The average Bonchev–Trinajstić information content (AvgIpc) is 2.68. The number of carbonyl (C=O) groups is 1. The molecule has 2 heterocycles. The van der Waals surface area contributed by atoms with E-state index < -0.39 is 0 Å². The van der Waals surface area contributed by atoms with Gasteiger partial charge in [-0.05, 0) is 37.1 Å². The van der Waals surface area contributed by atoms with Gasteiger partial charge in [0.05, 0.1) is 20.8 Å². The van der Waals surface area contributed by atoms with Crippen molar-refractivity contribution < 1.29 is 19.0 Å². The number of rotatable bonds is 5. The Labute approximate surface area is 147 Å². The zero-order valence-electron chi connectivity index (χ0n) is 14.5. The molecule has 132 valence electrons. The predicted octanol–water partition coefficient (Wildman–Crippen LogP) is 2.78. The number of pyridine rings is 1. The molecule has 0 N–H and O–H groups in total. The molecule has 6 heteroatoms. The highest BCUT2D eigenvalue weighted by Gasteiger charge is 2.26. The average molecular weight is 342 g/mol. The van der Waals surface area contributed by atoms with Gasteiger partial charge in [-0.15, -0.1) is 0 Å². The minimum atomic E-state index is -0.0415. The molecule has 1 aliphatic rings. The van der Waals surface area contributed by atoms with Crippen molar-refractivity contribution in [3.05, 3.63) is 48.3 Å². The molecule has 0 unspecified atom stereocenters. The van der Waals surface area contributed by atoms with Crippen LogP contribution in [0, 0.1) is 0 Å². The van der Waals surface area contributed by atoms with Crippen molar-refractivity contribution in [2.75, 3.05) is 27.3 Å². The molecule has 1 aromatic heterocycles. The summed E-state index contributed by atoms with van der Waals surface area (Å²) in [6, 6.07) is 8.88. The van der Waals surface area contributed by atoms with Crippen LogP contribution in [0.15, 0.2) is 42.7 Å². The lowest BCUT2D eigenvalue weighted by atomic mass is 10.1. The lowest BCUT2D eigenvalue weighted by Crippen LogP contribution is -2.44. The van der Waals surface area contributed by atoms with Gasteiger partial charge in [0, 0.05) is 30.6 Å². The van der Waals surface area contributed by atoms with E-state index in [-0.39, 0.29) is 12.0 Å². The van der Waals surface area contributed by atoms with E-state index in [4.69, 9.17) is 14.2 Å². The van der Waals surface area contributed by atoms with Gasteiger partial charge in [-0.3, -0.25) is 9.78 Å². The number of hydrogen-bond acceptors (Lipinski definition) is 5. The second-order valence-corrected chi connectivity index (χ2v) is 5.92. The van der Waals surface area contributed by atoms with Crippen LogP contribution in [0.5, 0.6) is 17.2 Å². The van der Waals surface area contributed by atoms with E-state index in [1.165, 1.54) is 0 Å². The highest BCUT2D eigenvalue weighted by molar-refractivity contribution is 5.95. The number of ether oxygens (including phenoxy) is 3. The van der Waals surface area contributed by atoms with Crippen molar-refractivity contribution in [2.45, 2.75) is 18.9 Å². The summed E-state index contributed by atoms with van der Waals surface area (Å²) < 4.78 is 16.5. The summed E-state index contributed by atoms with van der Waals surface area (Å²) in [7, 11) is 3.14. The van der Waals surface area contributed by atoms with Crippen LogP contribution in [0.1, 0.15) is 23.2 Å². The summed E-state index contributed by atoms with van der Waals surface area (Å²) in [5.74, 6) is 1.94. The first-order valence-corrected chi connectivity index (χ1v) is 8.28. The van der Waals surface area contributed by atoms with Crippen LogP contribution in [0.3, 0.4) is 0 Å². The molecule has 0 saturated carbocycles. The molecule has 0 bridgehead atoms. The van der Waals surface area contributed by atoms with Crippen molar-refractivity contribution in [1.82, 2.24) is 9.88 Å². The summed E-state index contributed by atoms with van der Waals surface area (Å²) in [5.41, 5.74) is 0.556.